The summed E-state index contributed by atoms with van der Waals surface area (Å²) in [5.41, 5.74) is 3.04. The van der Waals surface area contributed by atoms with Crippen LogP contribution in [0.2, 0.25) is 0 Å². The minimum Gasteiger partial charge on any atom is -0.381 e. The molecule has 2 heterocycles. The van der Waals surface area contributed by atoms with Gasteiger partial charge in [0.1, 0.15) is 0 Å². The highest BCUT2D eigenvalue weighted by molar-refractivity contribution is 5.64. The summed E-state index contributed by atoms with van der Waals surface area (Å²) in [7, 11) is 1.80. The lowest BCUT2D eigenvalue weighted by atomic mass is 9.93. The fourth-order valence-corrected chi connectivity index (χ4v) is 3.88. The number of rotatable bonds is 7. The molecule has 1 fully saturated rings. The quantitative estimate of drug-likeness (QED) is 0.625. The van der Waals surface area contributed by atoms with Crippen molar-refractivity contribution in [1.29, 1.82) is 0 Å². The van der Waals surface area contributed by atoms with Gasteiger partial charge in [0, 0.05) is 19.7 Å². The van der Waals surface area contributed by atoms with Crippen LogP contribution in [0.3, 0.4) is 0 Å². The van der Waals surface area contributed by atoms with Crippen molar-refractivity contribution in [2.24, 2.45) is 0 Å². The summed E-state index contributed by atoms with van der Waals surface area (Å²) < 4.78 is 7.42. The number of aromatic nitrogens is 4. The minimum absolute atomic E-state index is 0.326. The highest BCUT2D eigenvalue weighted by Gasteiger charge is 2.22. The fraction of sp³-hybridized carbons (Fsp3) is 0.500. The molecule has 1 aromatic carbocycles. The highest BCUT2D eigenvalue weighted by atomic mass is 16.5. The van der Waals surface area contributed by atoms with E-state index >= 15 is 0 Å². The molecule has 154 valence electrons. The Bertz CT molecular complexity index is 931. The molecule has 1 saturated carbocycles. The average molecular weight is 395 g/mol. The third-order valence-electron chi connectivity index (χ3n) is 5.62. The summed E-state index contributed by atoms with van der Waals surface area (Å²) in [6.07, 6.45) is 6.54. The molecule has 3 aromatic rings. The maximum absolute atomic E-state index is 5.49. The van der Waals surface area contributed by atoms with Crippen LogP contribution in [0, 0.1) is 0 Å². The Kier molecular flexibility index (Phi) is 5.94. The van der Waals surface area contributed by atoms with Gasteiger partial charge in [0.05, 0.1) is 18.0 Å². The average Bonchev–Trinajstić information content (AvgIpc) is 3.18. The first-order valence-corrected chi connectivity index (χ1v) is 10.5. The number of anilines is 2. The van der Waals surface area contributed by atoms with Gasteiger partial charge in [-0.2, -0.15) is 4.98 Å². The second-order valence-corrected chi connectivity index (χ2v) is 8.05. The summed E-state index contributed by atoms with van der Waals surface area (Å²) in [6.45, 7) is 5.00. The van der Waals surface area contributed by atoms with Gasteiger partial charge in [-0.3, -0.25) is 0 Å². The van der Waals surface area contributed by atoms with Crippen molar-refractivity contribution in [2.45, 2.75) is 64.1 Å². The van der Waals surface area contributed by atoms with E-state index < -0.39 is 0 Å². The molecule has 29 heavy (non-hydrogen) atoms. The Morgan fingerprint density at radius 1 is 1.14 bits per heavy atom. The lowest BCUT2D eigenvalue weighted by molar-refractivity contribution is 0.0681. The lowest BCUT2D eigenvalue weighted by Crippen LogP contribution is -2.30. The zero-order valence-corrected chi connectivity index (χ0v) is 17.4. The number of nitrogens with zero attached hydrogens (tertiary/aromatic N) is 4. The Morgan fingerprint density at radius 3 is 2.59 bits per heavy atom. The maximum Gasteiger partial charge on any atom is 0.243 e. The van der Waals surface area contributed by atoms with Gasteiger partial charge in [0.15, 0.2) is 11.5 Å². The number of hydrogen-bond donors (Lipinski definition) is 2. The van der Waals surface area contributed by atoms with Crippen LogP contribution in [-0.4, -0.2) is 38.8 Å². The molecule has 1 aliphatic carbocycles. The van der Waals surface area contributed by atoms with Crippen molar-refractivity contribution in [1.82, 2.24) is 19.6 Å². The van der Waals surface area contributed by atoms with Crippen LogP contribution in [0.4, 0.5) is 11.8 Å². The van der Waals surface area contributed by atoms with Gasteiger partial charge < -0.3 is 15.4 Å². The maximum atomic E-state index is 5.49. The van der Waals surface area contributed by atoms with Crippen LogP contribution in [0.1, 0.15) is 56.7 Å². The largest absolute Gasteiger partial charge is 0.381 e. The Hall–Kier alpha value is -2.67. The first-order chi connectivity index (χ1) is 14.1. The molecule has 0 aliphatic heterocycles. The molecule has 1 aliphatic rings. The molecule has 0 amide bonds. The molecule has 4 rings (SSSR count). The van der Waals surface area contributed by atoms with E-state index in [1.54, 1.807) is 7.11 Å². The van der Waals surface area contributed by atoms with E-state index in [-0.39, 0.29) is 0 Å². The predicted octanol–water partition coefficient (Wildman–Crippen LogP) is 4.23. The highest BCUT2D eigenvalue weighted by Crippen LogP contribution is 2.25. The zero-order valence-electron chi connectivity index (χ0n) is 17.4. The van der Waals surface area contributed by atoms with E-state index in [9.17, 15) is 0 Å². The summed E-state index contributed by atoms with van der Waals surface area (Å²) in [4.78, 5) is 9.37. The summed E-state index contributed by atoms with van der Waals surface area (Å²) in [5.74, 6) is 1.73. The predicted molar refractivity (Wildman–Crippen MR) is 115 cm³/mol. The minimum atomic E-state index is 0.326. The third kappa shape index (κ3) is 4.50. The number of nitrogens with one attached hydrogen (secondary N) is 2. The monoisotopic (exact) mass is 394 g/mol. The topological polar surface area (TPSA) is 76.4 Å². The Balaban J connectivity index is 1.59. The Morgan fingerprint density at radius 2 is 1.90 bits per heavy atom. The van der Waals surface area contributed by atoms with Gasteiger partial charge in [-0.1, -0.05) is 44.2 Å². The van der Waals surface area contributed by atoms with Crippen molar-refractivity contribution < 1.29 is 4.74 Å². The number of methoxy groups -OCH3 is 1. The van der Waals surface area contributed by atoms with Crippen LogP contribution < -0.4 is 10.6 Å². The van der Waals surface area contributed by atoms with Gasteiger partial charge in [-0.05, 0) is 37.2 Å². The smallest absolute Gasteiger partial charge is 0.243 e. The van der Waals surface area contributed by atoms with Crippen LogP contribution in [0.5, 0.6) is 0 Å². The molecule has 7 heteroatoms. The van der Waals surface area contributed by atoms with Crippen LogP contribution >= 0.6 is 0 Å². The molecule has 0 unspecified atom stereocenters. The van der Waals surface area contributed by atoms with E-state index in [0.717, 1.165) is 42.8 Å². The molecule has 2 aromatic heterocycles. The summed E-state index contributed by atoms with van der Waals surface area (Å²) in [5, 5.41) is 11.8. The third-order valence-corrected chi connectivity index (χ3v) is 5.62. The van der Waals surface area contributed by atoms with E-state index in [1.165, 1.54) is 5.56 Å². The first-order valence-electron chi connectivity index (χ1n) is 10.5. The summed E-state index contributed by atoms with van der Waals surface area (Å²) >= 11 is 0. The lowest BCUT2D eigenvalue weighted by Gasteiger charge is -2.28. The van der Waals surface area contributed by atoms with Gasteiger partial charge in [0.25, 0.3) is 0 Å². The molecule has 0 saturated heterocycles. The molecular weight excluding hydrogens is 364 g/mol. The van der Waals surface area contributed by atoms with E-state index in [2.05, 4.69) is 41.6 Å². The number of benzene rings is 1. The molecule has 0 spiro atoms. The SMILES string of the molecule is COC1CCC(Nc2nc(NCc3ccccc3)c3ncc(C(C)C)n3n2)CC1. The molecule has 0 bridgehead atoms. The van der Waals surface area contributed by atoms with E-state index in [4.69, 9.17) is 14.8 Å². The fourth-order valence-electron chi connectivity index (χ4n) is 3.88. The normalized spacial score (nSPS) is 19.6. The van der Waals surface area contributed by atoms with Crippen LogP contribution in [0.25, 0.3) is 5.65 Å². The van der Waals surface area contributed by atoms with Gasteiger partial charge >= 0.3 is 0 Å². The van der Waals surface area contributed by atoms with Crippen molar-refractivity contribution in [3.63, 3.8) is 0 Å². The first kappa shape index (κ1) is 19.6. The van der Waals surface area contributed by atoms with Gasteiger partial charge in [-0.15, -0.1) is 5.10 Å². The number of fused-ring (bicyclic) bond motifs is 1. The van der Waals surface area contributed by atoms with Crippen molar-refractivity contribution >= 4 is 17.4 Å². The van der Waals surface area contributed by atoms with Crippen LogP contribution in [-0.2, 0) is 11.3 Å². The molecule has 0 radical (unpaired) electrons. The van der Waals surface area contributed by atoms with E-state index in [0.29, 0.717) is 30.6 Å². The molecule has 0 atom stereocenters. The number of hydrogen-bond acceptors (Lipinski definition) is 6. The van der Waals surface area contributed by atoms with Gasteiger partial charge in [0.2, 0.25) is 5.95 Å². The second kappa shape index (κ2) is 8.78. The molecule has 2 N–H and O–H groups in total. The molecule has 7 nitrogen and oxygen atoms in total. The number of imidazole rings is 1. The second-order valence-electron chi connectivity index (χ2n) is 8.05. The Labute approximate surface area is 171 Å². The van der Waals surface area contributed by atoms with Crippen LogP contribution in [0.15, 0.2) is 36.5 Å². The molecular formula is C22H30N6O. The standard InChI is InChI=1S/C22H30N6O/c1-15(2)19-14-24-21-20(23-13-16-7-5-4-6-8-16)26-22(27-28(19)21)25-17-9-11-18(29-3)12-10-17/h4-8,14-15,17-18H,9-13H2,1-3H3,(H2,23,25,26,27). The zero-order chi connectivity index (χ0) is 20.2. The van der Waals surface area contributed by atoms with Crippen molar-refractivity contribution in [2.75, 3.05) is 17.7 Å². The van der Waals surface area contributed by atoms with Crippen molar-refractivity contribution in [3.05, 3.63) is 47.8 Å². The van der Waals surface area contributed by atoms with Gasteiger partial charge in [-0.25, -0.2) is 9.50 Å². The van der Waals surface area contributed by atoms with E-state index in [1.807, 2.05) is 28.9 Å². The number of ether oxygens (including phenoxy) is 1. The van der Waals surface area contributed by atoms with Crippen molar-refractivity contribution in [3.8, 4) is 0 Å². The summed E-state index contributed by atoms with van der Waals surface area (Å²) in [6, 6.07) is 10.7.